The topological polar surface area (TPSA) is 146 Å². The molecule has 124 valence electrons. The van der Waals surface area contributed by atoms with E-state index >= 15 is 0 Å². The van der Waals surface area contributed by atoms with Gasteiger partial charge in [0.15, 0.2) is 11.6 Å². The summed E-state index contributed by atoms with van der Waals surface area (Å²) in [6.45, 7) is 0. The van der Waals surface area contributed by atoms with E-state index in [2.05, 4.69) is 0 Å². The van der Waals surface area contributed by atoms with Crippen LogP contribution in [-0.4, -0.2) is 37.5 Å². The first kappa shape index (κ1) is 23.6. The van der Waals surface area contributed by atoms with Gasteiger partial charge in [0.25, 0.3) is 10.1 Å². The SMILES string of the molecule is O=C1c2cccc(S(=O)(=O)O)c2C(=O)c2cccc(S(=O)(=O)[O-])c21.[Na+].[Na+]. The maximum atomic E-state index is 12.6. The van der Waals surface area contributed by atoms with E-state index in [4.69, 9.17) is 0 Å². The summed E-state index contributed by atoms with van der Waals surface area (Å²) in [5, 5.41) is 0. The molecule has 3 rings (SSSR count). The van der Waals surface area contributed by atoms with Crippen molar-refractivity contribution in [3.8, 4) is 0 Å². The summed E-state index contributed by atoms with van der Waals surface area (Å²) in [6, 6.07) is 6.26. The Balaban J connectivity index is 0.00000169. The number of carbonyl (C=O) groups excluding carboxylic acids is 2. The molecule has 0 saturated heterocycles. The second kappa shape index (κ2) is 7.92. The van der Waals surface area contributed by atoms with Gasteiger partial charge in [-0.05, 0) is 12.1 Å². The molecule has 0 aliphatic heterocycles. The Morgan fingerprint density at radius 2 is 1.12 bits per heavy atom. The average Bonchev–Trinajstić information content (AvgIpc) is 2.49. The normalized spacial score (nSPS) is 13.2. The van der Waals surface area contributed by atoms with E-state index < -0.39 is 63.8 Å². The fourth-order valence-corrected chi connectivity index (χ4v) is 4.01. The van der Waals surface area contributed by atoms with E-state index in [1.807, 2.05) is 0 Å². The third kappa shape index (κ3) is 3.90. The molecule has 1 N–H and O–H groups in total. The number of hydrogen-bond donors (Lipinski definition) is 1. The van der Waals surface area contributed by atoms with Crippen molar-refractivity contribution in [3.05, 3.63) is 58.7 Å². The van der Waals surface area contributed by atoms with Crippen molar-refractivity contribution in [3.63, 3.8) is 0 Å². The van der Waals surface area contributed by atoms with E-state index in [9.17, 15) is 35.5 Å². The number of fused-ring (bicyclic) bond motifs is 2. The number of hydrogen-bond acceptors (Lipinski definition) is 7. The first-order valence-corrected chi connectivity index (χ1v) is 9.17. The van der Waals surface area contributed by atoms with Crippen molar-refractivity contribution in [1.29, 1.82) is 0 Å². The predicted octanol–water partition coefficient (Wildman–Crippen LogP) is -5.38. The molecular formula is C14H7Na2O8S2+. The van der Waals surface area contributed by atoms with Gasteiger partial charge in [0.2, 0.25) is 0 Å². The van der Waals surface area contributed by atoms with Crippen molar-refractivity contribution in [2.45, 2.75) is 9.79 Å². The largest absolute Gasteiger partial charge is 1.00 e. The van der Waals surface area contributed by atoms with Gasteiger partial charge in [-0.25, -0.2) is 8.42 Å². The van der Waals surface area contributed by atoms with Crippen LogP contribution in [0.4, 0.5) is 0 Å². The minimum Gasteiger partial charge on any atom is -0.744 e. The first-order valence-electron chi connectivity index (χ1n) is 6.32. The molecule has 0 amide bonds. The second-order valence-corrected chi connectivity index (χ2v) is 7.68. The molecular weight excluding hydrogens is 406 g/mol. The molecule has 1 aliphatic carbocycles. The Morgan fingerprint density at radius 1 is 0.731 bits per heavy atom. The molecule has 2 aromatic carbocycles. The molecule has 8 nitrogen and oxygen atoms in total. The molecule has 1 aliphatic rings. The summed E-state index contributed by atoms with van der Waals surface area (Å²) in [4.78, 5) is 23.5. The number of carbonyl (C=O) groups is 2. The summed E-state index contributed by atoms with van der Waals surface area (Å²) < 4.78 is 66.1. The smallest absolute Gasteiger partial charge is 0.744 e. The molecule has 26 heavy (non-hydrogen) atoms. The van der Waals surface area contributed by atoms with Gasteiger partial charge in [-0.2, -0.15) is 8.42 Å². The van der Waals surface area contributed by atoms with E-state index in [0.29, 0.717) is 0 Å². The van der Waals surface area contributed by atoms with Gasteiger partial charge in [-0.15, -0.1) is 0 Å². The van der Waals surface area contributed by atoms with Crippen LogP contribution in [0.5, 0.6) is 0 Å². The summed E-state index contributed by atoms with van der Waals surface area (Å²) in [5.74, 6) is -1.96. The van der Waals surface area contributed by atoms with Crippen molar-refractivity contribution in [2.75, 3.05) is 0 Å². The molecule has 0 radical (unpaired) electrons. The van der Waals surface area contributed by atoms with Crippen LogP contribution in [0, 0.1) is 0 Å². The van der Waals surface area contributed by atoms with Gasteiger partial charge in [0.05, 0.1) is 16.0 Å². The number of ketones is 2. The van der Waals surface area contributed by atoms with E-state index in [-0.39, 0.29) is 59.1 Å². The Hall–Kier alpha value is -0.400. The molecule has 0 fully saturated rings. The van der Waals surface area contributed by atoms with Crippen LogP contribution >= 0.6 is 0 Å². The fraction of sp³-hybridized carbons (Fsp3) is 0. The van der Waals surface area contributed by atoms with Gasteiger partial charge in [-0.1, -0.05) is 24.3 Å². The van der Waals surface area contributed by atoms with Crippen molar-refractivity contribution in [2.24, 2.45) is 0 Å². The first-order chi connectivity index (χ1) is 11.0. The van der Waals surface area contributed by atoms with Crippen LogP contribution in [0.15, 0.2) is 46.2 Å². The molecule has 0 saturated carbocycles. The monoisotopic (exact) mass is 413 g/mol. The minimum atomic E-state index is -5.03. The molecule has 12 heteroatoms. The average molecular weight is 413 g/mol. The Morgan fingerprint density at radius 3 is 1.50 bits per heavy atom. The fourth-order valence-electron chi connectivity index (χ4n) is 2.60. The third-order valence-corrected chi connectivity index (χ3v) is 5.32. The quantitative estimate of drug-likeness (QED) is 0.324. The van der Waals surface area contributed by atoms with Crippen LogP contribution in [0.2, 0.25) is 0 Å². The Labute approximate surface area is 193 Å². The Kier molecular flexibility index (Phi) is 7.20. The zero-order valence-corrected chi connectivity index (χ0v) is 19.2. The van der Waals surface area contributed by atoms with Crippen LogP contribution in [0.25, 0.3) is 0 Å². The summed E-state index contributed by atoms with van der Waals surface area (Å²) >= 11 is 0. The second-order valence-electron chi connectivity index (χ2n) is 4.94. The van der Waals surface area contributed by atoms with Gasteiger partial charge >= 0.3 is 59.1 Å². The van der Waals surface area contributed by atoms with Crippen LogP contribution < -0.4 is 59.1 Å². The molecule has 0 spiro atoms. The zero-order chi connectivity index (χ0) is 17.9. The minimum absolute atomic E-state index is 0. The number of rotatable bonds is 2. The van der Waals surface area contributed by atoms with Crippen LogP contribution in [0.1, 0.15) is 31.8 Å². The third-order valence-electron chi connectivity index (χ3n) is 3.54. The van der Waals surface area contributed by atoms with Crippen molar-refractivity contribution >= 4 is 31.8 Å². The summed E-state index contributed by atoms with van der Waals surface area (Å²) in [7, 11) is -9.83. The van der Waals surface area contributed by atoms with Gasteiger partial charge in [0.1, 0.15) is 15.0 Å². The summed E-state index contributed by atoms with van der Waals surface area (Å²) in [6.07, 6.45) is 0. The molecule has 0 unspecified atom stereocenters. The van der Waals surface area contributed by atoms with Gasteiger partial charge in [0, 0.05) is 11.1 Å². The van der Waals surface area contributed by atoms with E-state index in [0.717, 1.165) is 36.4 Å². The van der Waals surface area contributed by atoms with Gasteiger partial charge < -0.3 is 4.55 Å². The Bertz CT molecular complexity index is 1050. The van der Waals surface area contributed by atoms with Gasteiger partial charge in [-0.3, -0.25) is 14.1 Å². The van der Waals surface area contributed by atoms with E-state index in [1.165, 1.54) is 0 Å². The molecule has 2 aromatic rings. The van der Waals surface area contributed by atoms with Crippen LogP contribution in [0.3, 0.4) is 0 Å². The maximum Gasteiger partial charge on any atom is 1.00 e. The molecule has 0 heterocycles. The van der Waals surface area contributed by atoms with Crippen molar-refractivity contribution in [1.82, 2.24) is 0 Å². The number of benzene rings is 2. The maximum absolute atomic E-state index is 12.6. The summed E-state index contributed by atoms with van der Waals surface area (Å²) in [5.41, 5.74) is -1.98. The molecule has 0 aromatic heterocycles. The predicted molar refractivity (Wildman–Crippen MR) is 77.5 cm³/mol. The zero-order valence-electron chi connectivity index (χ0n) is 13.6. The molecule has 0 bridgehead atoms. The standard InChI is InChI=1S/C14H8O8S2.2Na/c15-13-7-3-1-5-9(23(17,18)19)11(7)14(16)8-4-2-6-10(12(8)13)24(20,21)22;;/h1-6H,(H,17,18,19)(H,20,21,22);;/q;2*+1/p-1. The molecule has 0 atom stereocenters. The van der Waals surface area contributed by atoms with Crippen LogP contribution in [-0.2, 0) is 20.2 Å². The van der Waals surface area contributed by atoms with Crippen molar-refractivity contribution < 1.29 is 94.6 Å². The van der Waals surface area contributed by atoms with E-state index in [1.54, 1.807) is 0 Å².